The first kappa shape index (κ1) is 42.4. The molecule has 2 bridgehead atoms. The van der Waals surface area contributed by atoms with Crippen LogP contribution in [0.1, 0.15) is 159 Å². The lowest BCUT2D eigenvalue weighted by Gasteiger charge is -2.62. The summed E-state index contributed by atoms with van der Waals surface area (Å²) in [7, 11) is 0. The minimum atomic E-state index is -1.40. The van der Waals surface area contributed by atoms with Crippen LogP contribution in [0.2, 0.25) is 0 Å². The van der Waals surface area contributed by atoms with Crippen molar-refractivity contribution < 1.29 is 44.5 Å². The van der Waals surface area contributed by atoms with Gasteiger partial charge in [-0.1, -0.05) is 60.1 Å². The van der Waals surface area contributed by atoms with Crippen LogP contribution in [-0.4, -0.2) is 112 Å². The monoisotopic (exact) mass is 913 g/mol. The zero-order chi connectivity index (χ0) is 45.9. The Balaban J connectivity index is 0.696. The molecule has 16 aliphatic rings. The highest BCUT2D eigenvalue weighted by molar-refractivity contribution is 5.61. The third-order valence-corrected chi connectivity index (χ3v) is 26.2. The van der Waals surface area contributed by atoms with E-state index in [9.17, 15) is 25.5 Å². The molecule has 0 radical (unpaired) electrons. The maximum Gasteiger partial charge on any atom is 0.174 e. The largest absolute Gasteiger partial charge is 0.393 e. The van der Waals surface area contributed by atoms with Crippen molar-refractivity contribution in [1.29, 1.82) is 0 Å². The number of hydrogen-bond acceptors (Lipinski definition) is 11. The van der Waals surface area contributed by atoms with E-state index in [1.165, 1.54) is 12.8 Å². The van der Waals surface area contributed by atoms with Crippen molar-refractivity contribution in [1.82, 2.24) is 9.80 Å². The summed E-state index contributed by atoms with van der Waals surface area (Å²) in [4.78, 5) is 5.76. The van der Waals surface area contributed by atoms with Gasteiger partial charge in [-0.15, -0.1) is 0 Å². The third-order valence-electron chi connectivity index (χ3n) is 26.2. The van der Waals surface area contributed by atoms with Crippen LogP contribution in [0.5, 0.6) is 0 Å². The summed E-state index contributed by atoms with van der Waals surface area (Å²) >= 11 is 0. The average Bonchev–Trinajstić information content (AvgIpc) is 3.55. The van der Waals surface area contributed by atoms with Crippen molar-refractivity contribution in [2.45, 2.75) is 229 Å². The number of aliphatic hydroxyl groups is 5. The van der Waals surface area contributed by atoms with Crippen molar-refractivity contribution >= 4 is 0 Å². The van der Waals surface area contributed by atoms with Gasteiger partial charge in [-0.2, -0.15) is 0 Å². The lowest BCUT2D eigenvalue weighted by Crippen LogP contribution is -2.66. The topological polar surface area (TPSA) is 144 Å². The number of rotatable bonds is 1. The zero-order valence-electron chi connectivity index (χ0n) is 41.3. The van der Waals surface area contributed by atoms with Crippen molar-refractivity contribution in [3.63, 3.8) is 0 Å². The molecule has 6 saturated heterocycles. The van der Waals surface area contributed by atoms with E-state index in [0.29, 0.717) is 54.8 Å². The summed E-state index contributed by atoms with van der Waals surface area (Å²) in [6.07, 6.45) is 14.1. The Morgan fingerprint density at radius 1 is 0.758 bits per heavy atom. The molecule has 0 amide bonds. The molecule has 364 valence electrons. The first-order valence-corrected chi connectivity index (χ1v) is 27.2. The maximum absolute atomic E-state index is 13.0. The highest BCUT2D eigenvalue weighted by Gasteiger charge is 3.03. The van der Waals surface area contributed by atoms with Gasteiger partial charge in [-0.25, -0.2) is 0 Å². The number of allylic oxidation sites excluding steroid dienone is 2. The first-order valence-electron chi connectivity index (χ1n) is 27.2. The second kappa shape index (κ2) is 11.8. The van der Waals surface area contributed by atoms with Gasteiger partial charge in [0.25, 0.3) is 0 Å². The van der Waals surface area contributed by atoms with E-state index >= 15 is 0 Å². The number of hydrogen-bond donors (Lipinski definition) is 5. The Kier molecular flexibility index (Phi) is 7.58. The van der Waals surface area contributed by atoms with E-state index in [0.717, 1.165) is 69.8 Å². The zero-order valence-corrected chi connectivity index (χ0v) is 41.3. The minimum Gasteiger partial charge on any atom is -0.393 e. The van der Waals surface area contributed by atoms with Crippen molar-refractivity contribution in [3.05, 3.63) is 23.0 Å². The van der Waals surface area contributed by atoms with Crippen LogP contribution in [-0.2, 0) is 18.9 Å². The van der Waals surface area contributed by atoms with E-state index in [-0.39, 0.29) is 69.7 Å². The van der Waals surface area contributed by atoms with Crippen LogP contribution in [0, 0.1) is 80.8 Å². The minimum absolute atomic E-state index is 0.0279. The van der Waals surface area contributed by atoms with Crippen LogP contribution in [0.3, 0.4) is 0 Å². The number of fused-ring (bicyclic) bond motifs is 14. The standard InChI is InChI=1S/C55H80N2O9/c1-10-46(5)14-16-51(66-46)27(2)44-39(64-51)19-33-31-12-11-29-17-36-37(24-47(29,6)32(31)20-40(59)49(33,44)8)57-53-23-30-18-38(58)43-34(48(30,7)25-54(53,57)56(36)53)21-41(60)50(9)35(43)22-42-55(50,62)28(3)52(65-42)15-13-45(4,61)26-63-52/h22,27-34,38-44,58-62H,10-21,23-26H2,1-9H3/t27-,28+,29-,30-,31+,32-,33+,34-,38-,39-,40+,41+,42-,43+,44-,45-,46-,47-,48-,49+,50+,51+,52+,53?,54?,55+,56?,57?/m0/s1. The fourth-order valence-electron chi connectivity index (χ4n) is 22.3. The molecule has 0 aromatic carbocycles. The Morgan fingerprint density at radius 3 is 2.23 bits per heavy atom. The van der Waals surface area contributed by atoms with E-state index in [1.54, 1.807) is 18.3 Å². The molecule has 26 atom stereocenters. The predicted molar refractivity (Wildman–Crippen MR) is 242 cm³/mol. The van der Waals surface area contributed by atoms with Crippen LogP contribution >= 0.6 is 0 Å². The van der Waals surface area contributed by atoms with Gasteiger partial charge >= 0.3 is 0 Å². The van der Waals surface area contributed by atoms with Crippen LogP contribution in [0.4, 0.5) is 0 Å². The summed E-state index contributed by atoms with van der Waals surface area (Å²) in [6, 6.07) is 0. The molecule has 66 heavy (non-hydrogen) atoms. The summed E-state index contributed by atoms with van der Waals surface area (Å²) in [5, 5.41) is 61.4. The Hall–Kier alpha value is -1.28. The summed E-state index contributed by atoms with van der Waals surface area (Å²) in [5.41, 5.74) is 0.763. The van der Waals surface area contributed by atoms with E-state index in [2.05, 4.69) is 57.4 Å². The van der Waals surface area contributed by atoms with Gasteiger partial charge in [0.15, 0.2) is 22.9 Å². The molecule has 6 saturated carbocycles. The van der Waals surface area contributed by atoms with Crippen LogP contribution < -0.4 is 0 Å². The predicted octanol–water partition coefficient (Wildman–Crippen LogP) is 6.94. The Labute approximate surface area is 392 Å². The molecule has 11 heteroatoms. The SMILES string of the molecule is CC[C@@]1(C)CC[C@@]2(O[C@H]3C[C@@H]4[C@@H]5CC[C@H]6CC7=C(C[C@]6(C)[C@H]5C[C@@H](O)[C@]4(C)[C@H]3[C@@H]2C)N2C34C[C@@H]5C[C@H](O)[C@H]6C8=C[C@@H]9O[C@]%10(CC[C@](C)(O)CO%10)[C@@H](C)[C@]9(O)[C@@]8(C)[C@H](O)C[C@@H]6[C@@]5(C)CC23N74)O1. The molecule has 0 aromatic heterocycles. The molecule has 4 spiro atoms. The molecule has 8 heterocycles. The van der Waals surface area contributed by atoms with Gasteiger partial charge in [0.2, 0.25) is 0 Å². The van der Waals surface area contributed by atoms with Crippen LogP contribution in [0.15, 0.2) is 23.0 Å². The normalized spacial score (nSPS) is 67.2. The number of ether oxygens (including phenoxy) is 4. The van der Waals surface area contributed by atoms with Gasteiger partial charge in [-0.05, 0) is 144 Å². The van der Waals surface area contributed by atoms with E-state index < -0.39 is 52.4 Å². The first-order chi connectivity index (χ1) is 31.0. The molecule has 0 aromatic rings. The molecule has 11 nitrogen and oxygen atoms in total. The molecular formula is C55H80N2O9. The van der Waals surface area contributed by atoms with E-state index in [1.807, 2.05) is 13.8 Å². The van der Waals surface area contributed by atoms with Crippen molar-refractivity contribution in [2.24, 2.45) is 80.8 Å². The second-order valence-corrected chi connectivity index (χ2v) is 28.1. The molecular weight excluding hydrogens is 833 g/mol. The van der Waals surface area contributed by atoms with Gasteiger partial charge in [0.05, 0.1) is 42.2 Å². The molecule has 2 unspecified atom stereocenters. The highest BCUT2D eigenvalue weighted by Crippen LogP contribution is 2.91. The van der Waals surface area contributed by atoms with E-state index in [4.69, 9.17) is 18.9 Å². The smallest absolute Gasteiger partial charge is 0.174 e. The van der Waals surface area contributed by atoms with Crippen molar-refractivity contribution in [2.75, 3.05) is 6.61 Å². The quantitative estimate of drug-likeness (QED) is 0.138. The van der Waals surface area contributed by atoms with Gasteiger partial charge < -0.3 is 54.3 Å². The second-order valence-electron chi connectivity index (χ2n) is 28.1. The fourth-order valence-corrected chi connectivity index (χ4v) is 22.3. The Bertz CT molecular complexity index is 2290. The summed E-state index contributed by atoms with van der Waals surface area (Å²) < 4.78 is 27.2. The lowest BCUT2D eigenvalue weighted by atomic mass is 9.44. The summed E-state index contributed by atoms with van der Waals surface area (Å²) in [6.45, 7) is 20.4. The molecule has 8 aliphatic carbocycles. The molecule has 12 fully saturated rings. The maximum atomic E-state index is 13.0. The lowest BCUT2D eigenvalue weighted by molar-refractivity contribution is -0.289. The molecule has 5 N–H and O–H groups in total. The van der Waals surface area contributed by atoms with Gasteiger partial charge in [0, 0.05) is 58.7 Å². The average molecular weight is 913 g/mol. The van der Waals surface area contributed by atoms with Gasteiger partial charge in [-0.3, -0.25) is 0 Å². The Morgan fingerprint density at radius 2 is 1.50 bits per heavy atom. The fraction of sp³-hybridized carbons (Fsp3) is 0.927. The number of aliphatic hydroxyl groups excluding tert-OH is 3. The van der Waals surface area contributed by atoms with Crippen LogP contribution in [0.25, 0.3) is 0 Å². The molecule has 8 aliphatic heterocycles. The number of nitrogens with zero attached hydrogens (tertiary/aromatic N) is 2. The van der Waals surface area contributed by atoms with Gasteiger partial charge in [0.1, 0.15) is 11.7 Å². The third kappa shape index (κ3) is 4.16. The highest BCUT2D eigenvalue weighted by atomic mass is 16.7. The van der Waals surface area contributed by atoms with Crippen molar-refractivity contribution in [3.8, 4) is 0 Å². The summed E-state index contributed by atoms with van der Waals surface area (Å²) in [5.74, 6) is 1.11. The molecule has 16 rings (SSSR count).